The molecule has 7 rings (SSSR count). The second-order valence-corrected chi connectivity index (χ2v) is 33.8. The predicted octanol–water partition coefficient (Wildman–Crippen LogP) is -2.37. The largest absolute Gasteiger partial charge is 0.508 e. The van der Waals surface area contributed by atoms with Crippen LogP contribution >= 0.6 is 11.8 Å². The Kier molecular flexibility index (Phi) is 42.0. The fourth-order valence-corrected chi connectivity index (χ4v) is 16.3. The van der Waals surface area contributed by atoms with Crippen LogP contribution in [0.1, 0.15) is 145 Å². The molecule has 0 spiro atoms. The molecule has 1 heterocycles. The second kappa shape index (κ2) is 52.4. The molecule has 0 bridgehead atoms. The second-order valence-electron chi connectivity index (χ2n) is 32.8. The number of aliphatic hydroxyl groups excluding tert-OH is 2. The molecule has 1 saturated heterocycles. The minimum absolute atomic E-state index is 0.00972. The van der Waals surface area contributed by atoms with Crippen LogP contribution in [0.4, 0.5) is 0 Å². The zero-order chi connectivity index (χ0) is 94.4. The van der Waals surface area contributed by atoms with Gasteiger partial charge in [0.05, 0.1) is 19.0 Å². The molecule has 0 aromatic heterocycles. The smallest absolute Gasteiger partial charge is 0.303 e. The number of guanidine groups is 2. The first-order chi connectivity index (χ1) is 61.5. The van der Waals surface area contributed by atoms with Gasteiger partial charge in [-0.05, 0) is 122 Å². The van der Waals surface area contributed by atoms with Gasteiger partial charge >= 0.3 is 5.97 Å². The topological polar surface area (TPSA) is 666 Å². The number of nitrogens with two attached hydrogens (primary N) is 3. The number of amides is 14. The third kappa shape index (κ3) is 34.7. The van der Waals surface area contributed by atoms with Crippen LogP contribution in [-0.2, 0) is 97.6 Å². The Morgan fingerprint density at radius 1 is 0.457 bits per heavy atom. The zero-order valence-corrected chi connectivity index (χ0v) is 73.4. The van der Waals surface area contributed by atoms with E-state index in [1.165, 1.54) is 93.8 Å². The number of phenolic OH excluding ortho intramolecular Hbond substituents is 3. The number of carbonyl (C=O) groups excluding carboxylic acids is 14. The molecular formula is C87H124N20O21S. The maximum Gasteiger partial charge on any atom is 0.303 e. The van der Waals surface area contributed by atoms with Crippen molar-refractivity contribution in [2.24, 2.45) is 29.0 Å². The molecule has 3 fully saturated rings. The number of carboxylic acids is 1. The number of carboxylic acid groups (broad SMARTS) is 1. The molecule has 2 aliphatic carbocycles. The maximum absolute atomic E-state index is 15.4. The highest BCUT2D eigenvalue weighted by molar-refractivity contribution is 8.00. The number of aliphatic hydroxyl groups is 2. The van der Waals surface area contributed by atoms with Gasteiger partial charge in [0.1, 0.15) is 95.8 Å². The van der Waals surface area contributed by atoms with Gasteiger partial charge in [-0.15, -0.1) is 11.8 Å². The standard InChI is InChI=1S/C87H124N20O21S/c1-49-85(128)107(3)70(44-52-19-11-6-12-20-52)84(127)104-68(46-109)82(125)101-62(39-50-15-7-4-8-16-50)77(120)100-66(43-55-27-33-58(112)34-28-55)79(122)103-67(45-108)81(124)102-65(42-54-25-31-57(111)32-26-54)78(121)99-64(41-53-23-29-56(110)30-24-53)76(119)97-60(21-13-37-93-86(89)90)74(117)96-61(22-14-38-94-87(91)92)75(118)98-63(40-51-17-9-5-10-18-51)80(123)105-69(47-129-48-71(113)106(49)2)83(126)95-59(73(88)116)35-36-72(114)115/h6,11-12,19-20,23-34,49-51,59-70,108-112H,4-5,7-10,13-18,21-22,35-48H2,1-3H3,(H2,88,116)(H,95,126)(H,96,117)(H,97,119)(H,98,118)(H,99,121)(H,100,120)(H,101,125)(H,102,124)(H,103,122)(H,104,127)(H,105,123)(H,114,115)(H4,89,90,93)(H4,91,92,94)/t49-,59+,60-,61-,62-,63-,64-,65-,66-,67-,68-,69-,70-/m0/s1. The number of rotatable bonds is 28. The van der Waals surface area contributed by atoms with Crippen LogP contribution in [0.15, 0.2) is 103 Å². The van der Waals surface area contributed by atoms with Crippen molar-refractivity contribution in [3.05, 3.63) is 125 Å². The van der Waals surface area contributed by atoms with Gasteiger partial charge in [0, 0.05) is 65.0 Å². The molecule has 27 N–H and O–H groups in total. The number of benzene rings is 4. The van der Waals surface area contributed by atoms with Crippen molar-refractivity contribution < 1.29 is 103 Å². The number of primary amides is 1. The summed E-state index contributed by atoms with van der Waals surface area (Å²) >= 11 is 0.764. The SMILES string of the molecule is C[C@H]1C(=O)N(C)[C@@H](Cc2ccccc2)C(=O)N[C@@H](CO)C(=O)N[C@@H](CC2CCCCC2)C(=O)N[C@@H](Cc2ccc(O)cc2)C(=O)N[C@@H](CO)C(=O)N[C@@H](Cc2ccc(O)cc2)C(=O)N[C@@H](Cc2ccc(O)cc2)C(=O)N[C@@H](CCCNC(=N)N)C(=O)N[C@@H](CCCNC(=N)N)C(=O)N[C@@H](CC2CCCCC2)C(=O)N[C@H](C(=O)N[C@H](CCC(=O)O)C(N)=O)CSCC(=O)N1C. The molecule has 13 atom stereocenters. The van der Waals surface area contributed by atoms with Crippen LogP contribution < -0.4 is 86.3 Å². The van der Waals surface area contributed by atoms with E-state index in [1.54, 1.807) is 30.3 Å². The van der Waals surface area contributed by atoms with E-state index in [0.29, 0.717) is 47.9 Å². The minimum atomic E-state index is -1.96. The highest BCUT2D eigenvalue weighted by Crippen LogP contribution is 2.30. The quantitative estimate of drug-likeness (QED) is 0.0161. The Bertz CT molecular complexity index is 4490. The van der Waals surface area contributed by atoms with E-state index in [4.69, 9.17) is 28.0 Å². The van der Waals surface area contributed by atoms with Crippen LogP contribution in [0.3, 0.4) is 0 Å². The minimum Gasteiger partial charge on any atom is -0.508 e. The average Bonchev–Trinajstić information content (AvgIpc) is 0.837. The fraction of sp³-hybridized carbons (Fsp3) is 0.529. The Balaban J connectivity index is 1.36. The fourth-order valence-electron chi connectivity index (χ4n) is 15.4. The van der Waals surface area contributed by atoms with E-state index in [1.807, 2.05) is 0 Å². The lowest BCUT2D eigenvalue weighted by Crippen LogP contribution is -2.62. The van der Waals surface area contributed by atoms with Gasteiger partial charge in [-0.25, -0.2) is 0 Å². The number of carbonyl (C=O) groups is 15. The number of likely N-dealkylation sites (N-methyl/N-ethyl adjacent to an activating group) is 2. The van der Waals surface area contributed by atoms with Crippen LogP contribution in [0.2, 0.25) is 0 Å². The summed E-state index contributed by atoms with van der Waals surface area (Å²) in [7, 11) is 2.56. The number of phenols is 3. The number of thioether (sulfide) groups is 1. The number of hydrogen-bond acceptors (Lipinski definition) is 23. The summed E-state index contributed by atoms with van der Waals surface area (Å²) in [6.45, 7) is -1.00. The van der Waals surface area contributed by atoms with Crippen LogP contribution in [0.5, 0.6) is 17.2 Å². The molecule has 4 aromatic rings. The van der Waals surface area contributed by atoms with Crippen molar-refractivity contribution in [3.63, 3.8) is 0 Å². The van der Waals surface area contributed by atoms with Gasteiger partial charge in [0.25, 0.3) is 0 Å². The van der Waals surface area contributed by atoms with E-state index in [9.17, 15) is 69.0 Å². The normalized spacial score (nSPS) is 23.8. The monoisotopic (exact) mass is 1820 g/mol. The molecular weight excluding hydrogens is 1690 g/mol. The van der Waals surface area contributed by atoms with E-state index < -0.39 is 230 Å². The van der Waals surface area contributed by atoms with Crippen LogP contribution in [0, 0.1) is 22.7 Å². The van der Waals surface area contributed by atoms with Crippen molar-refractivity contribution in [2.75, 3.05) is 51.9 Å². The summed E-state index contributed by atoms with van der Waals surface area (Å²) < 4.78 is 0. The highest BCUT2D eigenvalue weighted by Gasteiger charge is 2.41. The van der Waals surface area contributed by atoms with Crippen molar-refractivity contribution >= 4 is 112 Å². The first kappa shape index (κ1) is 103. The van der Waals surface area contributed by atoms with Crippen molar-refractivity contribution in [1.29, 1.82) is 10.8 Å². The predicted molar refractivity (Wildman–Crippen MR) is 474 cm³/mol. The lowest BCUT2D eigenvalue weighted by atomic mass is 9.84. The van der Waals surface area contributed by atoms with Gasteiger partial charge in [-0.1, -0.05) is 131 Å². The summed E-state index contributed by atoms with van der Waals surface area (Å²) in [5, 5.41) is 112. The number of nitrogens with zero attached hydrogens (tertiary/aromatic N) is 2. The molecule has 3 aliphatic rings. The van der Waals surface area contributed by atoms with Gasteiger partial charge < -0.3 is 127 Å². The Morgan fingerprint density at radius 2 is 0.806 bits per heavy atom. The molecule has 0 unspecified atom stereocenters. The zero-order valence-electron chi connectivity index (χ0n) is 72.6. The van der Waals surface area contributed by atoms with E-state index in [2.05, 4.69) is 69.1 Å². The summed E-state index contributed by atoms with van der Waals surface area (Å²) in [6.07, 6.45) is 3.76. The molecule has 41 nitrogen and oxygen atoms in total. The summed E-state index contributed by atoms with van der Waals surface area (Å²) in [6, 6.07) is 3.07. The molecule has 129 heavy (non-hydrogen) atoms. The first-order valence-corrected chi connectivity index (χ1v) is 44.4. The molecule has 2 saturated carbocycles. The summed E-state index contributed by atoms with van der Waals surface area (Å²) in [5.74, 6) is -18.7. The summed E-state index contributed by atoms with van der Waals surface area (Å²) in [4.78, 5) is 222. The van der Waals surface area contributed by atoms with Crippen molar-refractivity contribution in [1.82, 2.24) is 78.9 Å². The van der Waals surface area contributed by atoms with Crippen LogP contribution in [-0.4, -0.2) is 271 Å². The first-order valence-electron chi connectivity index (χ1n) is 43.2. The lowest BCUT2D eigenvalue weighted by Gasteiger charge is -2.34. The molecule has 0 radical (unpaired) electrons. The number of aliphatic carboxylic acids is 1. The number of nitrogens with one attached hydrogen (secondary N) is 15. The Hall–Kier alpha value is -12.9. The Morgan fingerprint density at radius 3 is 1.19 bits per heavy atom. The molecule has 42 heteroatoms. The maximum atomic E-state index is 15.4. The lowest BCUT2D eigenvalue weighted by molar-refractivity contribution is -0.146. The van der Waals surface area contributed by atoms with E-state index in [0.717, 1.165) is 60.1 Å². The van der Waals surface area contributed by atoms with Gasteiger partial charge in [-0.3, -0.25) is 82.7 Å². The van der Waals surface area contributed by atoms with Crippen molar-refractivity contribution in [2.45, 2.75) is 227 Å². The third-order valence-corrected chi connectivity index (χ3v) is 23.9. The van der Waals surface area contributed by atoms with E-state index >= 15 is 33.6 Å². The van der Waals surface area contributed by atoms with Gasteiger partial charge in [0.2, 0.25) is 82.7 Å². The van der Waals surface area contributed by atoms with Crippen molar-refractivity contribution in [3.8, 4) is 17.2 Å². The molecule has 14 amide bonds. The molecule has 704 valence electrons. The van der Waals surface area contributed by atoms with E-state index in [-0.39, 0.29) is 93.5 Å². The number of hydrogen-bond donors (Lipinski definition) is 24. The van der Waals surface area contributed by atoms with Crippen LogP contribution in [0.25, 0.3) is 0 Å². The average molecular weight is 1820 g/mol. The molecule has 1 aliphatic heterocycles. The summed E-state index contributed by atoms with van der Waals surface area (Å²) in [5.41, 5.74) is 18.4. The Labute approximate surface area is 751 Å². The van der Waals surface area contributed by atoms with Gasteiger partial charge in [0.15, 0.2) is 11.9 Å². The highest BCUT2D eigenvalue weighted by atomic mass is 32.2. The third-order valence-electron chi connectivity index (χ3n) is 22.9. The van der Waals surface area contributed by atoms with Gasteiger partial charge in [-0.2, -0.15) is 0 Å². The number of aromatic hydroxyl groups is 3. The molecule has 4 aromatic carbocycles.